The Kier molecular flexibility index (Phi) is 7.43. The standard InChI is InChI=1S/C19H27N3O3.ClH/c1-13(20)16-8-2-3-10-22(16)19(24)14-6-4-7-15(12-14)21-18(23)17-9-5-11-25-17;/h4,6-7,12-13,16-17H,2-3,5,8-11,20H2,1H3,(H,21,23);1H. The third-order valence-corrected chi connectivity index (χ3v) is 5.02. The number of nitrogens with one attached hydrogen (secondary N) is 1. The summed E-state index contributed by atoms with van der Waals surface area (Å²) in [6, 6.07) is 7.14. The summed E-state index contributed by atoms with van der Waals surface area (Å²) in [5.74, 6) is -0.163. The van der Waals surface area contributed by atoms with E-state index < -0.39 is 0 Å². The Morgan fingerprint density at radius 1 is 1.27 bits per heavy atom. The summed E-state index contributed by atoms with van der Waals surface area (Å²) in [7, 11) is 0. The summed E-state index contributed by atoms with van der Waals surface area (Å²) in [6.45, 7) is 3.32. The number of ether oxygens (including phenoxy) is 1. The molecule has 2 fully saturated rings. The van der Waals surface area contributed by atoms with Gasteiger partial charge in [0, 0.05) is 36.5 Å². The highest BCUT2D eigenvalue weighted by atomic mass is 35.5. The highest BCUT2D eigenvalue weighted by Crippen LogP contribution is 2.23. The van der Waals surface area contributed by atoms with Gasteiger partial charge in [-0.05, 0) is 57.2 Å². The molecule has 7 heteroatoms. The lowest BCUT2D eigenvalue weighted by Gasteiger charge is -2.38. The molecule has 1 aromatic rings. The van der Waals surface area contributed by atoms with Crippen LogP contribution in [0.3, 0.4) is 0 Å². The maximum absolute atomic E-state index is 12.9. The molecule has 1 aromatic carbocycles. The topological polar surface area (TPSA) is 84.7 Å². The largest absolute Gasteiger partial charge is 0.368 e. The summed E-state index contributed by atoms with van der Waals surface area (Å²) < 4.78 is 5.40. The highest BCUT2D eigenvalue weighted by molar-refractivity contribution is 5.98. The van der Waals surface area contributed by atoms with Crippen molar-refractivity contribution < 1.29 is 14.3 Å². The number of nitrogens with two attached hydrogens (primary N) is 1. The molecular formula is C19H28ClN3O3. The second-order valence-corrected chi connectivity index (χ2v) is 6.99. The van der Waals surface area contributed by atoms with E-state index in [1.165, 1.54) is 0 Å². The second kappa shape index (κ2) is 9.35. The monoisotopic (exact) mass is 381 g/mol. The number of hydrogen-bond donors (Lipinski definition) is 2. The van der Waals surface area contributed by atoms with Gasteiger partial charge < -0.3 is 20.7 Å². The predicted molar refractivity (Wildman–Crippen MR) is 104 cm³/mol. The number of piperidine rings is 1. The van der Waals surface area contributed by atoms with Crippen LogP contribution in [0.5, 0.6) is 0 Å². The van der Waals surface area contributed by atoms with Crippen LogP contribution >= 0.6 is 12.4 Å². The van der Waals surface area contributed by atoms with Gasteiger partial charge in [-0.25, -0.2) is 0 Å². The smallest absolute Gasteiger partial charge is 0.254 e. The fourth-order valence-corrected chi connectivity index (χ4v) is 3.66. The number of benzene rings is 1. The van der Waals surface area contributed by atoms with E-state index in [9.17, 15) is 9.59 Å². The molecule has 2 amide bonds. The van der Waals surface area contributed by atoms with Crippen molar-refractivity contribution in [1.82, 2.24) is 4.90 Å². The number of carbonyl (C=O) groups is 2. The number of rotatable bonds is 4. The first-order valence-electron chi connectivity index (χ1n) is 9.15. The van der Waals surface area contributed by atoms with Crippen molar-refractivity contribution in [3.8, 4) is 0 Å². The Labute approximate surface area is 160 Å². The zero-order valence-corrected chi connectivity index (χ0v) is 16.0. The van der Waals surface area contributed by atoms with Gasteiger partial charge in [-0.15, -0.1) is 12.4 Å². The van der Waals surface area contributed by atoms with E-state index in [-0.39, 0.29) is 42.4 Å². The van der Waals surface area contributed by atoms with E-state index in [1.54, 1.807) is 24.3 Å². The molecule has 3 N–H and O–H groups in total. The summed E-state index contributed by atoms with van der Waals surface area (Å²) in [6.07, 6.45) is 4.32. The second-order valence-electron chi connectivity index (χ2n) is 6.99. The molecule has 0 spiro atoms. The molecule has 144 valence electrons. The number of halogens is 1. The van der Waals surface area contributed by atoms with Crippen molar-refractivity contribution in [2.75, 3.05) is 18.5 Å². The van der Waals surface area contributed by atoms with Crippen molar-refractivity contribution in [2.45, 2.75) is 57.2 Å². The van der Waals surface area contributed by atoms with Crippen LogP contribution in [0.25, 0.3) is 0 Å². The van der Waals surface area contributed by atoms with Crippen LogP contribution < -0.4 is 11.1 Å². The Morgan fingerprint density at radius 2 is 2.08 bits per heavy atom. The Balaban J connectivity index is 0.00000243. The summed E-state index contributed by atoms with van der Waals surface area (Å²) in [5, 5.41) is 2.86. The van der Waals surface area contributed by atoms with Crippen molar-refractivity contribution in [3.63, 3.8) is 0 Å². The molecule has 0 saturated carbocycles. The minimum absolute atomic E-state index is 0. The fraction of sp³-hybridized carbons (Fsp3) is 0.579. The minimum Gasteiger partial charge on any atom is -0.368 e. The van der Waals surface area contributed by atoms with Crippen molar-refractivity contribution in [3.05, 3.63) is 29.8 Å². The molecule has 26 heavy (non-hydrogen) atoms. The molecule has 0 aliphatic carbocycles. The first-order valence-corrected chi connectivity index (χ1v) is 9.15. The van der Waals surface area contributed by atoms with Gasteiger partial charge in [0.1, 0.15) is 6.10 Å². The molecule has 0 aromatic heterocycles. The van der Waals surface area contributed by atoms with Crippen LogP contribution in [0.1, 0.15) is 49.4 Å². The molecule has 0 radical (unpaired) electrons. The Morgan fingerprint density at radius 3 is 2.77 bits per heavy atom. The molecule has 0 bridgehead atoms. The SMILES string of the molecule is CC(N)C1CCCCN1C(=O)c1cccc(NC(=O)C2CCCO2)c1.Cl. The van der Waals surface area contributed by atoms with Gasteiger partial charge >= 0.3 is 0 Å². The average Bonchev–Trinajstić information content (AvgIpc) is 3.16. The number of anilines is 1. The van der Waals surface area contributed by atoms with E-state index in [1.807, 2.05) is 11.8 Å². The predicted octanol–water partition coefficient (Wildman–Crippen LogP) is 2.57. The molecule has 3 rings (SSSR count). The third kappa shape index (κ3) is 4.75. The van der Waals surface area contributed by atoms with Gasteiger partial charge in [-0.1, -0.05) is 6.07 Å². The average molecular weight is 382 g/mol. The molecule has 6 nitrogen and oxygen atoms in total. The van der Waals surface area contributed by atoms with Gasteiger partial charge in [-0.3, -0.25) is 9.59 Å². The number of likely N-dealkylation sites (tertiary alicyclic amines) is 1. The molecule has 2 saturated heterocycles. The molecule has 2 heterocycles. The molecule has 2 aliphatic rings. The van der Waals surface area contributed by atoms with Crippen molar-refractivity contribution in [1.29, 1.82) is 0 Å². The van der Waals surface area contributed by atoms with Gasteiger partial charge in [0.15, 0.2) is 0 Å². The van der Waals surface area contributed by atoms with E-state index >= 15 is 0 Å². The van der Waals surface area contributed by atoms with Crippen molar-refractivity contribution in [2.24, 2.45) is 5.73 Å². The van der Waals surface area contributed by atoms with E-state index in [0.717, 1.165) is 38.6 Å². The van der Waals surface area contributed by atoms with Gasteiger partial charge in [0.25, 0.3) is 11.8 Å². The van der Waals surface area contributed by atoms with Crippen LogP contribution in [0.4, 0.5) is 5.69 Å². The van der Waals surface area contributed by atoms with E-state index in [0.29, 0.717) is 17.9 Å². The fourth-order valence-electron chi connectivity index (χ4n) is 3.66. The number of carbonyl (C=O) groups excluding carboxylic acids is 2. The zero-order valence-electron chi connectivity index (χ0n) is 15.1. The van der Waals surface area contributed by atoms with Gasteiger partial charge in [0.2, 0.25) is 0 Å². The van der Waals surface area contributed by atoms with Crippen LogP contribution in [0.15, 0.2) is 24.3 Å². The normalized spacial score (nSPS) is 23.8. The summed E-state index contributed by atoms with van der Waals surface area (Å²) in [5.41, 5.74) is 7.28. The number of nitrogens with zero attached hydrogens (tertiary/aromatic N) is 1. The molecule has 2 aliphatic heterocycles. The molecule has 3 atom stereocenters. The zero-order chi connectivity index (χ0) is 17.8. The summed E-state index contributed by atoms with van der Waals surface area (Å²) in [4.78, 5) is 27.0. The van der Waals surface area contributed by atoms with Gasteiger partial charge in [0.05, 0.1) is 0 Å². The quantitative estimate of drug-likeness (QED) is 0.839. The third-order valence-electron chi connectivity index (χ3n) is 5.02. The van der Waals surface area contributed by atoms with Crippen LogP contribution in [-0.2, 0) is 9.53 Å². The summed E-state index contributed by atoms with van der Waals surface area (Å²) >= 11 is 0. The van der Waals surface area contributed by atoms with Crippen molar-refractivity contribution >= 4 is 29.9 Å². The first kappa shape index (κ1) is 20.7. The number of amides is 2. The lowest BCUT2D eigenvalue weighted by Crippen LogP contribution is -2.51. The lowest BCUT2D eigenvalue weighted by atomic mass is 9.96. The minimum atomic E-state index is -0.385. The Hall–Kier alpha value is -1.63. The maximum atomic E-state index is 12.9. The molecule has 3 unspecified atom stereocenters. The Bertz CT molecular complexity index is 632. The van der Waals surface area contributed by atoms with Crippen LogP contribution in [0, 0.1) is 0 Å². The van der Waals surface area contributed by atoms with Gasteiger partial charge in [-0.2, -0.15) is 0 Å². The first-order chi connectivity index (χ1) is 12.1. The van der Waals surface area contributed by atoms with E-state index in [4.69, 9.17) is 10.5 Å². The molecular weight excluding hydrogens is 354 g/mol. The van der Waals surface area contributed by atoms with E-state index in [2.05, 4.69) is 5.32 Å². The maximum Gasteiger partial charge on any atom is 0.254 e. The highest BCUT2D eigenvalue weighted by Gasteiger charge is 2.30. The van der Waals surface area contributed by atoms with Crippen LogP contribution in [0.2, 0.25) is 0 Å². The number of hydrogen-bond acceptors (Lipinski definition) is 4. The van der Waals surface area contributed by atoms with Crippen LogP contribution in [-0.4, -0.2) is 48.1 Å². The lowest BCUT2D eigenvalue weighted by molar-refractivity contribution is -0.124.